The molecule has 2 aliphatic rings. The van der Waals surface area contributed by atoms with Crippen molar-refractivity contribution < 1.29 is 22.1 Å². The van der Waals surface area contributed by atoms with E-state index in [2.05, 4.69) is 5.32 Å². The third-order valence-electron chi connectivity index (χ3n) is 4.34. The van der Waals surface area contributed by atoms with E-state index in [-0.39, 0.29) is 18.1 Å². The van der Waals surface area contributed by atoms with Crippen LogP contribution in [0.4, 0.5) is 5.69 Å². The summed E-state index contributed by atoms with van der Waals surface area (Å²) in [4.78, 5) is 0.139. The van der Waals surface area contributed by atoms with E-state index in [4.69, 9.17) is 13.7 Å². The van der Waals surface area contributed by atoms with Crippen LogP contribution in [0.15, 0.2) is 41.3 Å². The van der Waals surface area contributed by atoms with Gasteiger partial charge in [-0.2, -0.15) is 8.42 Å². The van der Waals surface area contributed by atoms with Crippen LogP contribution in [0.5, 0.6) is 11.5 Å². The average molecular weight is 361 g/mol. The van der Waals surface area contributed by atoms with Crippen LogP contribution in [0.25, 0.3) is 0 Å². The van der Waals surface area contributed by atoms with Crippen molar-refractivity contribution in [2.45, 2.75) is 24.3 Å². The fourth-order valence-electron chi connectivity index (χ4n) is 2.99. The minimum atomic E-state index is -3.81. The van der Waals surface area contributed by atoms with E-state index >= 15 is 0 Å². The second-order valence-corrected chi connectivity index (χ2v) is 7.81. The quantitative estimate of drug-likeness (QED) is 0.844. The highest BCUT2D eigenvalue weighted by Gasteiger charge is 2.28. The predicted molar refractivity (Wildman–Crippen MR) is 92.9 cm³/mol. The van der Waals surface area contributed by atoms with E-state index in [1.54, 1.807) is 12.1 Å². The number of ether oxygens (including phenoxy) is 2. The van der Waals surface area contributed by atoms with Gasteiger partial charge in [0.15, 0.2) is 17.6 Å². The number of nitrogens with one attached hydrogen (secondary N) is 1. The molecule has 2 aromatic carbocycles. The Balaban J connectivity index is 1.46. The number of aryl methyl sites for hydroxylation is 1. The van der Waals surface area contributed by atoms with Gasteiger partial charge in [-0.1, -0.05) is 17.7 Å². The zero-order valence-electron chi connectivity index (χ0n) is 13.8. The van der Waals surface area contributed by atoms with Crippen molar-refractivity contribution in [1.29, 1.82) is 0 Å². The summed E-state index contributed by atoms with van der Waals surface area (Å²) in [6.45, 7) is 2.92. The van der Waals surface area contributed by atoms with Gasteiger partial charge in [0.2, 0.25) is 0 Å². The molecule has 0 saturated heterocycles. The largest absolute Gasteiger partial charge is 0.486 e. The number of rotatable bonds is 4. The Bertz CT molecular complexity index is 892. The fourth-order valence-corrected chi connectivity index (χ4v) is 3.93. The van der Waals surface area contributed by atoms with E-state index in [1.807, 2.05) is 19.1 Å². The molecule has 1 atom stereocenters. The van der Waals surface area contributed by atoms with Crippen molar-refractivity contribution in [3.63, 3.8) is 0 Å². The lowest BCUT2D eigenvalue weighted by Crippen LogP contribution is -2.34. The molecule has 0 saturated carbocycles. The Hall–Kier alpha value is -2.25. The van der Waals surface area contributed by atoms with Crippen molar-refractivity contribution in [1.82, 2.24) is 0 Å². The van der Waals surface area contributed by atoms with Crippen LogP contribution in [-0.2, 0) is 20.7 Å². The molecule has 2 heterocycles. The number of hydrogen-bond donors (Lipinski definition) is 1. The zero-order valence-corrected chi connectivity index (χ0v) is 14.6. The highest BCUT2D eigenvalue weighted by Crippen LogP contribution is 2.41. The maximum atomic E-state index is 12.3. The Labute approximate surface area is 146 Å². The number of anilines is 1. The van der Waals surface area contributed by atoms with Crippen molar-refractivity contribution in [3.8, 4) is 11.5 Å². The molecule has 0 aliphatic carbocycles. The minimum absolute atomic E-state index is 0.0905. The van der Waals surface area contributed by atoms with Crippen LogP contribution in [0.1, 0.15) is 11.1 Å². The molecule has 0 fully saturated rings. The van der Waals surface area contributed by atoms with Gasteiger partial charge in [0.25, 0.3) is 10.1 Å². The summed E-state index contributed by atoms with van der Waals surface area (Å²) in [5.74, 6) is 1.38. The van der Waals surface area contributed by atoms with Gasteiger partial charge >= 0.3 is 0 Å². The van der Waals surface area contributed by atoms with E-state index in [9.17, 15) is 8.42 Å². The highest BCUT2D eigenvalue weighted by molar-refractivity contribution is 7.86. The smallest absolute Gasteiger partial charge is 0.297 e. The first-order chi connectivity index (χ1) is 12.0. The first-order valence-corrected chi connectivity index (χ1v) is 9.59. The molecule has 7 heteroatoms. The molecule has 0 unspecified atom stereocenters. The molecule has 4 rings (SSSR count). The third kappa shape index (κ3) is 3.17. The third-order valence-corrected chi connectivity index (χ3v) is 5.64. The van der Waals surface area contributed by atoms with Gasteiger partial charge in [-0.15, -0.1) is 0 Å². The molecule has 25 heavy (non-hydrogen) atoms. The standard InChI is InChI=1S/C18H19NO5S/c1-12-2-4-14(5-3-12)25(20,21)23-11-13-10-22-17-7-6-16-15(8-9-19-16)18(17)24-13/h2-7,13,19H,8-11H2,1H3/t13-/m1/s1. The summed E-state index contributed by atoms with van der Waals surface area (Å²) >= 11 is 0. The average Bonchev–Trinajstić information content (AvgIpc) is 3.09. The van der Waals surface area contributed by atoms with Gasteiger partial charge in [0.1, 0.15) is 13.2 Å². The van der Waals surface area contributed by atoms with Crippen LogP contribution in [0.2, 0.25) is 0 Å². The van der Waals surface area contributed by atoms with Gasteiger partial charge in [0, 0.05) is 17.8 Å². The molecule has 132 valence electrons. The first kappa shape index (κ1) is 16.2. The molecule has 2 aromatic rings. The lowest BCUT2D eigenvalue weighted by molar-refractivity contribution is 0.0547. The van der Waals surface area contributed by atoms with Gasteiger partial charge in [-0.05, 0) is 37.6 Å². The maximum Gasteiger partial charge on any atom is 0.297 e. The topological polar surface area (TPSA) is 73.9 Å². The molecule has 1 N–H and O–H groups in total. The summed E-state index contributed by atoms with van der Waals surface area (Å²) in [7, 11) is -3.81. The highest BCUT2D eigenvalue weighted by atomic mass is 32.2. The first-order valence-electron chi connectivity index (χ1n) is 8.18. The molecule has 0 spiro atoms. The maximum absolute atomic E-state index is 12.3. The van der Waals surface area contributed by atoms with Crippen LogP contribution in [0.3, 0.4) is 0 Å². The molecule has 6 nitrogen and oxygen atoms in total. The molecule has 0 amide bonds. The Kier molecular flexibility index (Phi) is 4.05. The molecular weight excluding hydrogens is 342 g/mol. The molecule has 0 aromatic heterocycles. The molecule has 0 bridgehead atoms. The van der Waals surface area contributed by atoms with Gasteiger partial charge in [-0.25, -0.2) is 0 Å². The zero-order chi connectivity index (χ0) is 17.4. The van der Waals surface area contributed by atoms with Crippen LogP contribution < -0.4 is 14.8 Å². The molecule has 0 radical (unpaired) electrons. The van der Waals surface area contributed by atoms with E-state index in [1.165, 1.54) is 12.1 Å². The number of hydrogen-bond acceptors (Lipinski definition) is 6. The summed E-state index contributed by atoms with van der Waals surface area (Å²) in [6, 6.07) is 10.4. The summed E-state index contributed by atoms with van der Waals surface area (Å²) in [6.07, 6.45) is 0.386. The Morgan fingerprint density at radius 3 is 2.80 bits per heavy atom. The fraction of sp³-hybridized carbons (Fsp3) is 0.333. The van der Waals surface area contributed by atoms with E-state index in [0.717, 1.165) is 29.8 Å². The van der Waals surface area contributed by atoms with Gasteiger partial charge in [-0.3, -0.25) is 4.18 Å². The van der Waals surface area contributed by atoms with Crippen molar-refractivity contribution in [2.75, 3.05) is 25.1 Å². The second kappa shape index (κ2) is 6.24. The molecular formula is C18H19NO5S. The molecule has 2 aliphatic heterocycles. The SMILES string of the molecule is Cc1ccc(S(=O)(=O)OC[C@H]2COc3ccc4c(c3O2)CCN4)cc1. The summed E-state index contributed by atoms with van der Waals surface area (Å²) < 4.78 is 41.5. The monoisotopic (exact) mass is 361 g/mol. The Morgan fingerprint density at radius 1 is 1.20 bits per heavy atom. The predicted octanol–water partition coefficient (Wildman–Crippen LogP) is 2.51. The lowest BCUT2D eigenvalue weighted by atomic mass is 10.1. The Morgan fingerprint density at radius 2 is 2.00 bits per heavy atom. The van der Waals surface area contributed by atoms with Crippen LogP contribution in [-0.4, -0.2) is 34.3 Å². The number of fused-ring (bicyclic) bond motifs is 3. The van der Waals surface area contributed by atoms with Gasteiger partial charge < -0.3 is 14.8 Å². The van der Waals surface area contributed by atoms with Crippen LogP contribution >= 0.6 is 0 Å². The summed E-state index contributed by atoms with van der Waals surface area (Å²) in [5, 5.41) is 3.28. The van der Waals surface area contributed by atoms with Crippen molar-refractivity contribution in [2.24, 2.45) is 0 Å². The van der Waals surface area contributed by atoms with E-state index < -0.39 is 16.2 Å². The lowest BCUT2D eigenvalue weighted by Gasteiger charge is -2.27. The van der Waals surface area contributed by atoms with Gasteiger partial charge in [0.05, 0.1) is 4.90 Å². The van der Waals surface area contributed by atoms with E-state index in [0.29, 0.717) is 11.5 Å². The normalized spacial score (nSPS) is 18.5. The van der Waals surface area contributed by atoms with Crippen molar-refractivity contribution >= 4 is 15.8 Å². The minimum Gasteiger partial charge on any atom is -0.486 e. The van der Waals surface area contributed by atoms with Crippen molar-refractivity contribution in [3.05, 3.63) is 47.5 Å². The van der Waals surface area contributed by atoms with Crippen LogP contribution in [0, 0.1) is 6.92 Å². The second-order valence-electron chi connectivity index (χ2n) is 6.20. The number of benzene rings is 2. The summed E-state index contributed by atoms with van der Waals surface area (Å²) in [5.41, 5.74) is 3.10.